The highest BCUT2D eigenvalue weighted by Crippen LogP contribution is 2.32. The van der Waals surface area contributed by atoms with Crippen LogP contribution < -0.4 is 16.4 Å². The van der Waals surface area contributed by atoms with E-state index < -0.39 is 11.4 Å². The molecule has 25 heavy (non-hydrogen) atoms. The molecule has 0 unspecified atom stereocenters. The Morgan fingerprint density at radius 2 is 2.04 bits per heavy atom. The van der Waals surface area contributed by atoms with Crippen molar-refractivity contribution in [1.82, 2.24) is 10.6 Å². The number of carbonyl (C=O) groups excluding carboxylic acids is 2. The van der Waals surface area contributed by atoms with E-state index in [2.05, 4.69) is 16.7 Å². The van der Waals surface area contributed by atoms with Gasteiger partial charge in [-0.15, -0.1) is 0 Å². The van der Waals surface area contributed by atoms with Gasteiger partial charge in [-0.2, -0.15) is 0 Å². The Morgan fingerprint density at radius 3 is 2.64 bits per heavy atom. The van der Waals surface area contributed by atoms with E-state index in [1.807, 2.05) is 26.0 Å². The molecule has 1 aliphatic rings. The molecule has 0 aromatic heterocycles. The zero-order valence-corrected chi connectivity index (χ0v) is 14.9. The lowest BCUT2D eigenvalue weighted by molar-refractivity contribution is 0.1000. The van der Waals surface area contributed by atoms with Crippen LogP contribution in [0.15, 0.2) is 24.3 Å². The normalized spacial score (nSPS) is 14.6. The van der Waals surface area contributed by atoms with Crippen LogP contribution in [0.4, 0.5) is 4.79 Å². The Kier molecular flexibility index (Phi) is 6.20. The van der Waals surface area contributed by atoms with E-state index in [9.17, 15) is 9.59 Å². The standard InChI is InChI=1S/C19H27N3O3/c1-19(2,22-18(25)21-10-11-23)14-8-9-15(17(20)24)16(12-14)13-6-4-3-5-7-13/h6,8-9,12,23H,3-5,7,10-11H2,1-2H3,(H2,20,24)(H2,21,22,25). The van der Waals surface area contributed by atoms with Gasteiger partial charge in [0.05, 0.1) is 12.1 Å². The molecule has 0 saturated heterocycles. The summed E-state index contributed by atoms with van der Waals surface area (Å²) in [6.07, 6.45) is 6.35. The highest BCUT2D eigenvalue weighted by Gasteiger charge is 2.25. The van der Waals surface area contributed by atoms with Crippen molar-refractivity contribution < 1.29 is 14.7 Å². The number of aliphatic hydroxyl groups is 1. The van der Waals surface area contributed by atoms with Crippen LogP contribution in [0, 0.1) is 0 Å². The lowest BCUT2D eigenvalue weighted by Gasteiger charge is -2.28. The van der Waals surface area contributed by atoms with Crippen LogP contribution in [-0.4, -0.2) is 30.2 Å². The van der Waals surface area contributed by atoms with E-state index in [-0.39, 0.29) is 19.2 Å². The highest BCUT2D eigenvalue weighted by molar-refractivity contribution is 5.98. The topological polar surface area (TPSA) is 104 Å². The first-order chi connectivity index (χ1) is 11.8. The number of aliphatic hydroxyl groups excluding tert-OH is 1. The van der Waals surface area contributed by atoms with Gasteiger partial charge in [-0.25, -0.2) is 4.79 Å². The zero-order valence-electron chi connectivity index (χ0n) is 14.9. The van der Waals surface area contributed by atoms with E-state index in [4.69, 9.17) is 10.8 Å². The fourth-order valence-corrected chi connectivity index (χ4v) is 3.07. The number of primary amides is 1. The van der Waals surface area contributed by atoms with Gasteiger partial charge in [0.2, 0.25) is 5.91 Å². The Morgan fingerprint density at radius 1 is 1.28 bits per heavy atom. The third-order valence-corrected chi connectivity index (χ3v) is 4.47. The maximum Gasteiger partial charge on any atom is 0.315 e. The molecule has 3 amide bonds. The number of hydrogen-bond acceptors (Lipinski definition) is 3. The summed E-state index contributed by atoms with van der Waals surface area (Å²) in [5.41, 5.74) is 8.30. The molecule has 0 aliphatic heterocycles. The van der Waals surface area contributed by atoms with Crippen molar-refractivity contribution in [3.8, 4) is 0 Å². The number of hydrogen-bond donors (Lipinski definition) is 4. The molecule has 0 saturated carbocycles. The van der Waals surface area contributed by atoms with Gasteiger partial charge in [-0.3, -0.25) is 4.79 Å². The summed E-state index contributed by atoms with van der Waals surface area (Å²) in [6.45, 7) is 3.87. The van der Waals surface area contributed by atoms with Crippen molar-refractivity contribution in [2.24, 2.45) is 5.73 Å². The van der Waals surface area contributed by atoms with Crippen molar-refractivity contribution in [2.75, 3.05) is 13.2 Å². The average Bonchev–Trinajstić information content (AvgIpc) is 2.59. The fourth-order valence-electron chi connectivity index (χ4n) is 3.07. The first-order valence-corrected chi connectivity index (χ1v) is 8.66. The van der Waals surface area contributed by atoms with Crippen LogP contribution in [0.25, 0.3) is 5.57 Å². The molecule has 1 aromatic carbocycles. The number of rotatable bonds is 6. The van der Waals surface area contributed by atoms with E-state index in [0.29, 0.717) is 5.56 Å². The summed E-state index contributed by atoms with van der Waals surface area (Å²) in [7, 11) is 0. The van der Waals surface area contributed by atoms with Gasteiger partial charge in [0.15, 0.2) is 0 Å². The maximum atomic E-state index is 11.9. The number of amides is 3. The maximum absolute atomic E-state index is 11.9. The minimum absolute atomic E-state index is 0.112. The smallest absolute Gasteiger partial charge is 0.315 e. The molecule has 0 atom stereocenters. The number of carbonyl (C=O) groups is 2. The summed E-state index contributed by atoms with van der Waals surface area (Å²) >= 11 is 0. The molecule has 6 heteroatoms. The van der Waals surface area contributed by atoms with Crippen molar-refractivity contribution >= 4 is 17.5 Å². The second-order valence-corrected chi connectivity index (χ2v) is 6.83. The van der Waals surface area contributed by atoms with Crippen molar-refractivity contribution in [2.45, 2.75) is 45.1 Å². The predicted octanol–water partition coefficient (Wildman–Crippen LogP) is 2.27. The molecule has 0 fully saturated rings. The number of allylic oxidation sites excluding steroid dienone is 2. The third-order valence-electron chi connectivity index (χ3n) is 4.47. The van der Waals surface area contributed by atoms with Crippen LogP contribution in [0.1, 0.15) is 61.0 Å². The van der Waals surface area contributed by atoms with Crippen molar-refractivity contribution in [1.29, 1.82) is 0 Å². The monoisotopic (exact) mass is 345 g/mol. The van der Waals surface area contributed by atoms with E-state index in [1.165, 1.54) is 0 Å². The Hall–Kier alpha value is -2.34. The van der Waals surface area contributed by atoms with E-state index >= 15 is 0 Å². The van der Waals surface area contributed by atoms with Gasteiger partial charge in [0, 0.05) is 12.1 Å². The van der Waals surface area contributed by atoms with Gasteiger partial charge >= 0.3 is 6.03 Å². The van der Waals surface area contributed by atoms with E-state index in [0.717, 1.165) is 42.4 Å². The summed E-state index contributed by atoms with van der Waals surface area (Å²) in [5, 5.41) is 14.3. The second-order valence-electron chi connectivity index (χ2n) is 6.83. The molecule has 1 aliphatic carbocycles. The van der Waals surface area contributed by atoms with Gasteiger partial charge in [-0.1, -0.05) is 12.1 Å². The first-order valence-electron chi connectivity index (χ1n) is 8.66. The van der Waals surface area contributed by atoms with Crippen molar-refractivity contribution in [3.05, 3.63) is 41.0 Å². The highest BCUT2D eigenvalue weighted by atomic mass is 16.3. The summed E-state index contributed by atoms with van der Waals surface area (Å²) in [4.78, 5) is 23.7. The number of benzene rings is 1. The Bertz CT molecular complexity index is 680. The quantitative estimate of drug-likeness (QED) is 0.635. The third kappa shape index (κ3) is 4.82. The summed E-state index contributed by atoms with van der Waals surface area (Å²) in [5.74, 6) is -0.445. The fraction of sp³-hybridized carbons (Fsp3) is 0.474. The van der Waals surface area contributed by atoms with Gasteiger partial charge in [0.25, 0.3) is 0 Å². The van der Waals surface area contributed by atoms with E-state index in [1.54, 1.807) is 6.07 Å². The van der Waals surface area contributed by atoms with Crippen LogP contribution in [0.5, 0.6) is 0 Å². The predicted molar refractivity (Wildman–Crippen MR) is 98.1 cm³/mol. The Labute approximate surface area is 148 Å². The van der Waals surface area contributed by atoms with Crippen LogP contribution in [0.3, 0.4) is 0 Å². The Balaban J connectivity index is 2.33. The van der Waals surface area contributed by atoms with Gasteiger partial charge in [0.1, 0.15) is 0 Å². The molecule has 1 aromatic rings. The number of urea groups is 1. The largest absolute Gasteiger partial charge is 0.395 e. The molecule has 0 spiro atoms. The molecule has 0 heterocycles. The molecule has 0 radical (unpaired) electrons. The van der Waals surface area contributed by atoms with Crippen LogP contribution in [-0.2, 0) is 5.54 Å². The first kappa shape index (κ1) is 19.0. The molecule has 2 rings (SSSR count). The second kappa shape index (κ2) is 8.16. The SMILES string of the molecule is CC(C)(NC(=O)NCCO)c1ccc(C(N)=O)c(C2=CCCCC2)c1. The lowest BCUT2D eigenvalue weighted by atomic mass is 9.85. The average molecular weight is 345 g/mol. The minimum Gasteiger partial charge on any atom is -0.395 e. The molecular formula is C19H27N3O3. The molecule has 5 N–H and O–H groups in total. The number of nitrogens with one attached hydrogen (secondary N) is 2. The minimum atomic E-state index is -0.639. The molecule has 136 valence electrons. The van der Waals surface area contributed by atoms with Gasteiger partial charge in [-0.05, 0) is 68.4 Å². The zero-order chi connectivity index (χ0) is 18.4. The number of nitrogens with two attached hydrogens (primary N) is 1. The molecular weight excluding hydrogens is 318 g/mol. The van der Waals surface area contributed by atoms with Crippen LogP contribution in [0.2, 0.25) is 0 Å². The van der Waals surface area contributed by atoms with Crippen LogP contribution >= 0.6 is 0 Å². The summed E-state index contributed by atoms with van der Waals surface area (Å²) < 4.78 is 0. The summed E-state index contributed by atoms with van der Waals surface area (Å²) in [6, 6.07) is 5.15. The lowest BCUT2D eigenvalue weighted by Crippen LogP contribution is -2.47. The molecule has 6 nitrogen and oxygen atoms in total. The molecule has 0 bridgehead atoms. The van der Waals surface area contributed by atoms with Crippen molar-refractivity contribution in [3.63, 3.8) is 0 Å². The van der Waals surface area contributed by atoms with Gasteiger partial charge < -0.3 is 21.5 Å².